The number of anilines is 1. The number of halogens is 1. The van der Waals surface area contributed by atoms with E-state index in [-0.39, 0.29) is 38.2 Å². The number of amides is 1. The number of carbonyl (C=O) groups excluding carboxylic acids is 1. The molecule has 1 aromatic carbocycles. The fourth-order valence-electron chi connectivity index (χ4n) is 3.69. The summed E-state index contributed by atoms with van der Waals surface area (Å²) in [5.41, 5.74) is 3.75. The second-order valence-electron chi connectivity index (χ2n) is 8.28. The van der Waals surface area contributed by atoms with Gasteiger partial charge in [-0.15, -0.1) is 0 Å². The van der Waals surface area contributed by atoms with E-state index in [4.69, 9.17) is 24.1 Å². The highest BCUT2D eigenvalue weighted by molar-refractivity contribution is 7.21. The highest BCUT2D eigenvalue weighted by Gasteiger charge is 2.17. The number of methoxy groups -OCH3 is 1. The number of aliphatic hydroxyl groups excluding tert-OH is 1. The van der Waals surface area contributed by atoms with E-state index in [1.54, 1.807) is 6.07 Å². The Morgan fingerprint density at radius 2 is 1.90 bits per heavy atom. The summed E-state index contributed by atoms with van der Waals surface area (Å²) >= 11 is 1.27. The lowest BCUT2D eigenvalue weighted by Crippen LogP contribution is -2.18. The predicted molar refractivity (Wildman–Crippen MR) is 144 cm³/mol. The molecule has 0 saturated heterocycles. The first kappa shape index (κ1) is 26.9. The van der Waals surface area contributed by atoms with Crippen LogP contribution in [0.3, 0.4) is 0 Å². The number of benzene rings is 1. The van der Waals surface area contributed by atoms with E-state index in [9.17, 15) is 9.18 Å². The van der Waals surface area contributed by atoms with Crippen LogP contribution in [-0.4, -0.2) is 69.7 Å². The number of hydrogen-bond acceptors (Lipinski definition) is 12. The van der Waals surface area contributed by atoms with Gasteiger partial charge in [-0.25, -0.2) is 29.1 Å². The van der Waals surface area contributed by atoms with Gasteiger partial charge >= 0.3 is 6.09 Å². The number of thiazole rings is 1. The van der Waals surface area contributed by atoms with Gasteiger partial charge in [0, 0.05) is 23.9 Å². The molecule has 4 aromatic heterocycles. The molecule has 0 aliphatic carbocycles. The summed E-state index contributed by atoms with van der Waals surface area (Å²) in [5.74, 6) is -0.289. The molecule has 0 aliphatic heterocycles. The number of aliphatic hydroxyl groups is 1. The molecule has 206 valence electrons. The zero-order chi connectivity index (χ0) is 28.1. The first-order chi connectivity index (χ1) is 19.4. The van der Waals surface area contributed by atoms with Crippen LogP contribution in [0.25, 0.3) is 32.0 Å². The maximum Gasteiger partial charge on any atom is 0.411 e. The van der Waals surface area contributed by atoms with Crippen molar-refractivity contribution in [3.05, 3.63) is 54.1 Å². The summed E-state index contributed by atoms with van der Waals surface area (Å²) in [4.78, 5) is 34.3. The molecule has 5 aromatic rings. The molecule has 0 spiro atoms. The van der Waals surface area contributed by atoms with Crippen molar-refractivity contribution in [1.29, 1.82) is 0 Å². The highest BCUT2D eigenvalue weighted by atomic mass is 32.1. The summed E-state index contributed by atoms with van der Waals surface area (Å²) in [6.07, 6.45) is 2.22. The van der Waals surface area contributed by atoms with E-state index < -0.39 is 11.9 Å². The number of aryl methyl sites for hydroxylation is 1. The van der Waals surface area contributed by atoms with Crippen LogP contribution in [0.4, 0.5) is 14.9 Å². The van der Waals surface area contributed by atoms with E-state index in [1.165, 1.54) is 43.0 Å². The fraction of sp³-hybridized carbons (Fsp3) is 0.231. The lowest BCUT2D eigenvalue weighted by atomic mass is 10.1. The SMILES string of the molecule is COc1cnc2c(-c3nc4cc(F)c(OCCOC(=O)Nc5ccnc(OCCO)c5)nc4s3)cc(C)cc2n1. The molecule has 0 atom stereocenters. The summed E-state index contributed by atoms with van der Waals surface area (Å²) in [6, 6.07) is 8.11. The van der Waals surface area contributed by atoms with Crippen LogP contribution in [0.1, 0.15) is 5.56 Å². The smallest absolute Gasteiger partial charge is 0.411 e. The zero-order valence-corrected chi connectivity index (χ0v) is 22.2. The molecule has 4 heterocycles. The Morgan fingerprint density at radius 1 is 1.02 bits per heavy atom. The first-order valence-corrected chi connectivity index (χ1v) is 12.8. The van der Waals surface area contributed by atoms with E-state index in [2.05, 4.69) is 30.2 Å². The van der Waals surface area contributed by atoms with Gasteiger partial charge in [0.15, 0.2) is 5.82 Å². The number of nitrogens with zero attached hydrogens (tertiary/aromatic N) is 5. The normalized spacial score (nSPS) is 11.0. The van der Waals surface area contributed by atoms with Gasteiger partial charge in [0.05, 0.1) is 36.6 Å². The largest absolute Gasteiger partial charge is 0.480 e. The molecule has 0 radical (unpaired) electrons. The van der Waals surface area contributed by atoms with E-state index in [0.29, 0.717) is 38.0 Å². The van der Waals surface area contributed by atoms with Gasteiger partial charge in [-0.3, -0.25) is 5.32 Å². The molecule has 0 bridgehead atoms. The molecule has 0 fully saturated rings. The third kappa shape index (κ3) is 6.13. The maximum absolute atomic E-state index is 14.7. The van der Waals surface area contributed by atoms with Crippen LogP contribution in [-0.2, 0) is 4.74 Å². The molecule has 0 unspecified atom stereocenters. The van der Waals surface area contributed by atoms with Crippen molar-refractivity contribution in [3.63, 3.8) is 0 Å². The third-order valence-corrected chi connectivity index (χ3v) is 6.39. The molecule has 5 rings (SSSR count). The Balaban J connectivity index is 1.24. The Labute approximate surface area is 230 Å². The van der Waals surface area contributed by atoms with Gasteiger partial charge in [-0.05, 0) is 30.7 Å². The van der Waals surface area contributed by atoms with Crippen LogP contribution in [0.15, 0.2) is 42.7 Å². The number of nitrogens with one attached hydrogen (secondary N) is 1. The Morgan fingerprint density at radius 3 is 2.73 bits per heavy atom. The second kappa shape index (κ2) is 12.0. The van der Waals surface area contributed by atoms with Crippen LogP contribution in [0.5, 0.6) is 17.6 Å². The van der Waals surface area contributed by atoms with Gasteiger partial charge < -0.3 is 24.1 Å². The molecule has 1 amide bonds. The summed E-state index contributed by atoms with van der Waals surface area (Å²) < 4.78 is 35.6. The number of ether oxygens (including phenoxy) is 4. The third-order valence-electron chi connectivity index (χ3n) is 5.39. The molecule has 0 aliphatic rings. The van der Waals surface area contributed by atoms with Crippen molar-refractivity contribution in [2.45, 2.75) is 6.92 Å². The zero-order valence-electron chi connectivity index (χ0n) is 21.4. The standard InChI is InChI=1S/C26H23FN6O6S/c1-14-9-16(22-18(10-14)31-21(36-2)13-29-22)24-32-19-12-17(27)23(33-25(19)40-24)38-7-8-39-26(35)30-15-3-4-28-20(11-15)37-6-5-34/h3-4,9-13,34H,5-8H2,1-2H3,(H,28,30,35). The number of fused-ring (bicyclic) bond motifs is 2. The van der Waals surface area contributed by atoms with Gasteiger partial charge in [0.2, 0.25) is 11.8 Å². The summed E-state index contributed by atoms with van der Waals surface area (Å²) in [5, 5.41) is 12.0. The average Bonchev–Trinajstić information content (AvgIpc) is 3.36. The molecular formula is C26H23FN6O6S. The van der Waals surface area contributed by atoms with Crippen molar-refractivity contribution in [2.75, 3.05) is 38.9 Å². The Hall–Kier alpha value is -4.69. The quantitative estimate of drug-likeness (QED) is 0.235. The molecule has 40 heavy (non-hydrogen) atoms. The van der Waals surface area contributed by atoms with Crippen molar-refractivity contribution in [2.24, 2.45) is 0 Å². The lowest BCUT2D eigenvalue weighted by molar-refractivity contribution is 0.135. The van der Waals surface area contributed by atoms with Gasteiger partial charge in [0.25, 0.3) is 5.88 Å². The topological polar surface area (TPSA) is 151 Å². The number of hydrogen-bond donors (Lipinski definition) is 2. The first-order valence-electron chi connectivity index (χ1n) is 12.0. The molecule has 2 N–H and O–H groups in total. The molecule has 0 saturated carbocycles. The van der Waals surface area contributed by atoms with E-state index >= 15 is 0 Å². The Bertz CT molecular complexity index is 1680. The van der Waals surface area contributed by atoms with Crippen LogP contribution < -0.4 is 19.5 Å². The number of pyridine rings is 2. The highest BCUT2D eigenvalue weighted by Crippen LogP contribution is 2.35. The van der Waals surface area contributed by atoms with Crippen molar-refractivity contribution in [1.82, 2.24) is 24.9 Å². The monoisotopic (exact) mass is 566 g/mol. The van der Waals surface area contributed by atoms with E-state index in [1.807, 2.05) is 19.1 Å². The Kier molecular flexibility index (Phi) is 8.07. The van der Waals surface area contributed by atoms with Crippen molar-refractivity contribution < 1.29 is 33.2 Å². The minimum absolute atomic E-state index is 0.0740. The molecule has 12 nitrogen and oxygen atoms in total. The van der Waals surface area contributed by atoms with Crippen LogP contribution >= 0.6 is 11.3 Å². The minimum atomic E-state index is -0.745. The number of rotatable bonds is 10. The molecule has 14 heteroatoms. The summed E-state index contributed by atoms with van der Waals surface area (Å²) in [6.45, 7) is 1.56. The van der Waals surface area contributed by atoms with Crippen LogP contribution in [0.2, 0.25) is 0 Å². The predicted octanol–water partition coefficient (Wildman–Crippen LogP) is 4.15. The fourth-order valence-corrected chi connectivity index (χ4v) is 4.62. The van der Waals surface area contributed by atoms with Crippen molar-refractivity contribution >= 4 is 44.5 Å². The van der Waals surface area contributed by atoms with Crippen molar-refractivity contribution in [3.8, 4) is 28.2 Å². The van der Waals surface area contributed by atoms with Gasteiger partial charge in [0.1, 0.15) is 35.2 Å². The van der Waals surface area contributed by atoms with Gasteiger partial charge in [-0.1, -0.05) is 11.3 Å². The molecular weight excluding hydrogens is 543 g/mol. The van der Waals surface area contributed by atoms with Gasteiger partial charge in [-0.2, -0.15) is 4.98 Å². The lowest BCUT2D eigenvalue weighted by Gasteiger charge is -2.09. The minimum Gasteiger partial charge on any atom is -0.480 e. The van der Waals surface area contributed by atoms with Crippen LogP contribution in [0, 0.1) is 12.7 Å². The average molecular weight is 567 g/mol. The maximum atomic E-state index is 14.7. The number of aromatic nitrogens is 5. The van der Waals surface area contributed by atoms with E-state index in [0.717, 1.165) is 11.1 Å². The summed E-state index contributed by atoms with van der Waals surface area (Å²) in [7, 11) is 1.52. The second-order valence-corrected chi connectivity index (χ2v) is 9.25. The number of carbonyl (C=O) groups is 1.